The number of hydrogen-bond acceptors (Lipinski definition) is 2. The summed E-state index contributed by atoms with van der Waals surface area (Å²) >= 11 is 0. The lowest BCUT2D eigenvalue weighted by atomic mass is 9.87. The molecule has 0 unspecified atom stereocenters. The van der Waals surface area contributed by atoms with Crippen LogP contribution in [-0.4, -0.2) is 13.6 Å². The maximum absolute atomic E-state index is 3.51. The average molecular weight is 385 g/mol. The van der Waals surface area contributed by atoms with Crippen molar-refractivity contribution in [2.24, 2.45) is 0 Å². The summed E-state index contributed by atoms with van der Waals surface area (Å²) in [7, 11) is 2.17. The van der Waals surface area contributed by atoms with E-state index in [-0.39, 0.29) is 5.41 Å². The zero-order valence-electron chi connectivity index (χ0n) is 20.1. The first-order chi connectivity index (χ1) is 13.4. The second-order valence-corrected chi connectivity index (χ2v) is 7.47. The van der Waals surface area contributed by atoms with Crippen molar-refractivity contribution >= 4 is 17.1 Å². The van der Waals surface area contributed by atoms with E-state index in [9.17, 15) is 0 Å². The van der Waals surface area contributed by atoms with E-state index in [1.807, 2.05) is 27.7 Å². The van der Waals surface area contributed by atoms with Crippen molar-refractivity contribution in [3.8, 4) is 0 Å². The van der Waals surface area contributed by atoms with Gasteiger partial charge in [0, 0.05) is 36.1 Å². The standard InChI is InChI=1S/C18H22N2.C4H10.2C2H6/c1-13-6-5-7-14(10-13)19-15-8-9-17-16(11-15)18(2,3)12-20(17)4;1-3-4-2;2*1-2/h5-11,19H,12H2,1-4H3;3-4H2,1-2H3;2*1-2H3. The van der Waals surface area contributed by atoms with E-state index in [1.54, 1.807) is 0 Å². The third-order valence-electron chi connectivity index (χ3n) is 4.58. The number of likely N-dealkylation sites (N-methyl/N-ethyl adjacent to an activating group) is 1. The highest BCUT2D eigenvalue weighted by Crippen LogP contribution is 2.41. The Bertz CT molecular complexity index is 672. The van der Waals surface area contributed by atoms with Gasteiger partial charge in [-0.1, -0.05) is 80.4 Å². The third-order valence-corrected chi connectivity index (χ3v) is 4.58. The Morgan fingerprint density at radius 3 is 2.00 bits per heavy atom. The lowest BCUT2D eigenvalue weighted by Crippen LogP contribution is -2.24. The lowest BCUT2D eigenvalue weighted by molar-refractivity contribution is 0.563. The number of hydrogen-bond donors (Lipinski definition) is 1. The minimum Gasteiger partial charge on any atom is -0.373 e. The molecule has 1 aliphatic heterocycles. The molecule has 0 amide bonds. The number of benzene rings is 2. The maximum atomic E-state index is 3.51. The van der Waals surface area contributed by atoms with Crippen LogP contribution in [0.15, 0.2) is 42.5 Å². The summed E-state index contributed by atoms with van der Waals surface area (Å²) < 4.78 is 0. The van der Waals surface area contributed by atoms with Crippen molar-refractivity contribution < 1.29 is 0 Å². The van der Waals surface area contributed by atoms with Gasteiger partial charge in [-0.15, -0.1) is 0 Å². The van der Waals surface area contributed by atoms with Crippen molar-refractivity contribution in [3.63, 3.8) is 0 Å². The highest BCUT2D eigenvalue weighted by molar-refractivity contribution is 5.70. The molecular formula is C26H44N2. The number of fused-ring (bicyclic) bond motifs is 1. The van der Waals surface area contributed by atoms with Gasteiger partial charge in [-0.3, -0.25) is 0 Å². The fourth-order valence-corrected chi connectivity index (χ4v) is 3.14. The molecule has 2 heteroatoms. The first-order valence-corrected chi connectivity index (χ1v) is 11.1. The van der Waals surface area contributed by atoms with Gasteiger partial charge < -0.3 is 10.2 Å². The fourth-order valence-electron chi connectivity index (χ4n) is 3.14. The molecule has 0 aromatic heterocycles. The van der Waals surface area contributed by atoms with Crippen LogP contribution in [0.25, 0.3) is 0 Å². The monoisotopic (exact) mass is 384 g/mol. The molecule has 2 aromatic carbocycles. The van der Waals surface area contributed by atoms with Gasteiger partial charge in [0.1, 0.15) is 0 Å². The summed E-state index contributed by atoms with van der Waals surface area (Å²) in [5.41, 5.74) is 6.58. The molecule has 1 heterocycles. The first-order valence-electron chi connectivity index (χ1n) is 11.1. The van der Waals surface area contributed by atoms with Crippen molar-refractivity contribution in [2.45, 2.75) is 80.6 Å². The molecule has 2 aromatic rings. The van der Waals surface area contributed by atoms with Gasteiger partial charge in [-0.2, -0.15) is 0 Å². The molecule has 0 bridgehead atoms. The minimum absolute atomic E-state index is 0.217. The van der Waals surface area contributed by atoms with Crippen LogP contribution < -0.4 is 10.2 Å². The number of nitrogens with zero attached hydrogens (tertiary/aromatic N) is 1. The quantitative estimate of drug-likeness (QED) is 0.572. The van der Waals surface area contributed by atoms with Crippen LogP contribution in [-0.2, 0) is 5.41 Å². The van der Waals surface area contributed by atoms with Crippen LogP contribution in [0.2, 0.25) is 0 Å². The zero-order valence-corrected chi connectivity index (χ0v) is 20.1. The Morgan fingerprint density at radius 1 is 0.893 bits per heavy atom. The highest BCUT2D eigenvalue weighted by Gasteiger charge is 2.33. The maximum Gasteiger partial charge on any atom is 0.0404 e. The second-order valence-electron chi connectivity index (χ2n) is 7.47. The van der Waals surface area contributed by atoms with Gasteiger partial charge in [-0.05, 0) is 48.4 Å². The molecule has 0 saturated heterocycles. The number of anilines is 3. The average Bonchev–Trinajstić information content (AvgIpc) is 2.93. The lowest BCUT2D eigenvalue weighted by Gasteiger charge is -2.19. The van der Waals surface area contributed by atoms with Crippen LogP contribution in [0, 0.1) is 6.92 Å². The molecule has 0 saturated carbocycles. The SMILES string of the molecule is CC.CC.CCCC.Cc1cccc(Nc2ccc3c(c2)C(C)(C)CN3C)c1. The molecule has 158 valence electrons. The highest BCUT2D eigenvalue weighted by atomic mass is 15.1. The van der Waals surface area contributed by atoms with Crippen molar-refractivity contribution in [3.05, 3.63) is 53.6 Å². The van der Waals surface area contributed by atoms with Crippen LogP contribution in [0.3, 0.4) is 0 Å². The zero-order chi connectivity index (χ0) is 21.7. The Balaban J connectivity index is 0.000000797. The predicted molar refractivity (Wildman–Crippen MR) is 130 cm³/mol. The summed E-state index contributed by atoms with van der Waals surface area (Å²) in [5, 5.41) is 3.51. The molecule has 2 nitrogen and oxygen atoms in total. The molecule has 0 atom stereocenters. The van der Waals surface area contributed by atoms with Crippen LogP contribution >= 0.6 is 0 Å². The second kappa shape index (κ2) is 13.3. The van der Waals surface area contributed by atoms with E-state index in [4.69, 9.17) is 0 Å². The van der Waals surface area contributed by atoms with Gasteiger partial charge in [-0.25, -0.2) is 0 Å². The van der Waals surface area contributed by atoms with Gasteiger partial charge in [0.2, 0.25) is 0 Å². The summed E-state index contributed by atoms with van der Waals surface area (Å²) in [6.07, 6.45) is 2.64. The molecule has 0 aliphatic carbocycles. The molecule has 3 rings (SSSR count). The van der Waals surface area contributed by atoms with E-state index in [0.717, 1.165) is 17.9 Å². The number of nitrogens with one attached hydrogen (secondary N) is 1. The van der Waals surface area contributed by atoms with E-state index < -0.39 is 0 Å². The fraction of sp³-hybridized carbons (Fsp3) is 0.538. The van der Waals surface area contributed by atoms with Crippen molar-refractivity contribution in [2.75, 3.05) is 23.8 Å². The van der Waals surface area contributed by atoms with Gasteiger partial charge in [0.25, 0.3) is 0 Å². The molecule has 0 fully saturated rings. The smallest absolute Gasteiger partial charge is 0.0404 e. The number of aryl methyl sites for hydroxylation is 1. The van der Waals surface area contributed by atoms with Crippen LogP contribution in [0.5, 0.6) is 0 Å². The predicted octanol–water partition coefficient (Wildman–Crippen LogP) is 8.32. The molecule has 1 N–H and O–H groups in total. The number of rotatable bonds is 3. The molecule has 0 radical (unpaired) electrons. The van der Waals surface area contributed by atoms with E-state index in [2.05, 4.69) is 94.3 Å². The van der Waals surface area contributed by atoms with E-state index >= 15 is 0 Å². The van der Waals surface area contributed by atoms with Gasteiger partial charge in [0.15, 0.2) is 0 Å². The van der Waals surface area contributed by atoms with Gasteiger partial charge in [0.05, 0.1) is 0 Å². The van der Waals surface area contributed by atoms with Crippen molar-refractivity contribution in [1.82, 2.24) is 0 Å². The first kappa shape index (κ1) is 26.0. The van der Waals surface area contributed by atoms with Crippen LogP contribution in [0.4, 0.5) is 17.1 Å². The Hall–Kier alpha value is -1.96. The normalized spacial score (nSPS) is 13.0. The molecular weight excluding hydrogens is 340 g/mol. The summed E-state index contributed by atoms with van der Waals surface area (Å²) in [6, 6.07) is 15.2. The number of unbranched alkanes of at least 4 members (excludes halogenated alkanes) is 1. The molecule has 28 heavy (non-hydrogen) atoms. The third kappa shape index (κ3) is 7.58. The Labute approximate surface area is 175 Å². The Morgan fingerprint density at radius 2 is 1.46 bits per heavy atom. The summed E-state index contributed by atoms with van der Waals surface area (Å²) in [5.74, 6) is 0. The minimum atomic E-state index is 0.217. The van der Waals surface area contributed by atoms with E-state index in [0.29, 0.717) is 0 Å². The summed E-state index contributed by atoms with van der Waals surface area (Å²) in [4.78, 5) is 2.34. The summed E-state index contributed by atoms with van der Waals surface area (Å²) in [6.45, 7) is 20.2. The molecule has 1 aliphatic rings. The van der Waals surface area contributed by atoms with E-state index in [1.165, 1.54) is 29.7 Å². The Kier molecular flexibility index (Phi) is 12.3. The topological polar surface area (TPSA) is 15.3 Å². The molecule has 0 spiro atoms. The van der Waals surface area contributed by atoms with Crippen molar-refractivity contribution in [1.29, 1.82) is 0 Å². The largest absolute Gasteiger partial charge is 0.373 e. The van der Waals surface area contributed by atoms with Gasteiger partial charge >= 0.3 is 0 Å². The van der Waals surface area contributed by atoms with Crippen LogP contribution in [0.1, 0.15) is 79.4 Å².